The maximum Gasteiger partial charge on any atom is 0.340 e. The number of thioether (sulfide) groups is 1. The molecule has 7 nitrogen and oxygen atoms in total. The van der Waals surface area contributed by atoms with E-state index in [4.69, 9.17) is 4.18 Å². The molecule has 34 heavy (non-hydrogen) atoms. The third-order valence-electron chi connectivity index (χ3n) is 4.93. The molecule has 1 atom stereocenters. The molecule has 0 unspecified atom stereocenters. The average molecular weight is 631 g/mol. The Labute approximate surface area is 221 Å². The highest BCUT2D eigenvalue weighted by atomic mass is 79.9. The Bertz CT molecular complexity index is 1190. The van der Waals surface area contributed by atoms with Gasteiger partial charge in [0.05, 0.1) is 11.5 Å². The van der Waals surface area contributed by atoms with E-state index in [1.807, 2.05) is 0 Å². The number of halogens is 2. The summed E-state index contributed by atoms with van der Waals surface area (Å²) in [6, 6.07) is 11.3. The molecule has 2 aromatic carbocycles. The minimum Gasteiger partial charge on any atom is -0.379 e. The number of nitrogens with one attached hydrogen (secondary N) is 1. The summed E-state index contributed by atoms with van der Waals surface area (Å²) in [5.74, 6) is 0.115. The van der Waals surface area contributed by atoms with Gasteiger partial charge in [-0.1, -0.05) is 78.9 Å². The molecule has 0 bridgehead atoms. The third-order valence-corrected chi connectivity index (χ3v) is 8.81. The van der Waals surface area contributed by atoms with Gasteiger partial charge >= 0.3 is 10.1 Å². The topological polar surface area (TPSA) is 97.2 Å². The lowest BCUT2D eigenvalue weighted by atomic mass is 10.1. The number of hydrogen-bond donors (Lipinski definition) is 1. The van der Waals surface area contributed by atoms with Crippen LogP contribution in [0.5, 0.6) is 5.75 Å². The van der Waals surface area contributed by atoms with Gasteiger partial charge in [0.1, 0.15) is 10.6 Å². The van der Waals surface area contributed by atoms with Crippen molar-refractivity contribution < 1.29 is 17.4 Å². The van der Waals surface area contributed by atoms with Crippen LogP contribution in [0.2, 0.25) is 0 Å². The highest BCUT2D eigenvalue weighted by molar-refractivity contribution is 9.11. The van der Waals surface area contributed by atoms with Gasteiger partial charge in [0.2, 0.25) is 5.91 Å². The predicted molar refractivity (Wildman–Crippen MR) is 144 cm³/mol. The first-order valence-corrected chi connectivity index (χ1v) is 14.7. The Morgan fingerprint density at radius 1 is 1.12 bits per heavy atom. The Hall–Kier alpha value is -1.69. The minimum absolute atomic E-state index is 0.0151. The molecule has 1 saturated heterocycles. The maximum atomic E-state index is 12.7. The summed E-state index contributed by atoms with van der Waals surface area (Å²) in [7, 11) is -4.04. The quantitative estimate of drug-likeness (QED) is 0.137. The van der Waals surface area contributed by atoms with Gasteiger partial charge in [-0.05, 0) is 58.2 Å². The summed E-state index contributed by atoms with van der Waals surface area (Å²) >= 11 is 7.91. The van der Waals surface area contributed by atoms with Crippen LogP contribution in [-0.2, 0) is 14.9 Å². The summed E-state index contributed by atoms with van der Waals surface area (Å²) in [5.41, 5.74) is 0.604. The van der Waals surface area contributed by atoms with Gasteiger partial charge < -0.3 is 9.50 Å². The van der Waals surface area contributed by atoms with Crippen molar-refractivity contribution in [2.24, 2.45) is 10.2 Å². The van der Waals surface area contributed by atoms with Gasteiger partial charge in [-0.25, -0.2) is 0 Å². The van der Waals surface area contributed by atoms with Crippen LogP contribution in [0, 0.1) is 0 Å². The highest BCUT2D eigenvalue weighted by Gasteiger charge is 2.29. The largest absolute Gasteiger partial charge is 0.379 e. The summed E-state index contributed by atoms with van der Waals surface area (Å²) in [5, 5.41) is 11.2. The monoisotopic (exact) mass is 629 g/mol. The van der Waals surface area contributed by atoms with Gasteiger partial charge in [0, 0.05) is 8.95 Å². The molecule has 0 radical (unpaired) electrons. The van der Waals surface area contributed by atoms with Crippen molar-refractivity contribution in [1.82, 2.24) is 5.32 Å². The molecule has 1 N–H and O–H groups in total. The molecule has 1 aliphatic rings. The summed E-state index contributed by atoms with van der Waals surface area (Å²) in [6.07, 6.45) is 8.08. The fourth-order valence-corrected chi connectivity index (χ4v) is 6.56. The highest BCUT2D eigenvalue weighted by Crippen LogP contribution is 2.29. The summed E-state index contributed by atoms with van der Waals surface area (Å²) < 4.78 is 31.7. The van der Waals surface area contributed by atoms with Crippen molar-refractivity contribution in [3.8, 4) is 5.75 Å². The molecule has 11 heteroatoms. The second-order valence-electron chi connectivity index (χ2n) is 7.63. The molecule has 1 fully saturated rings. The Morgan fingerprint density at radius 2 is 1.91 bits per heavy atom. The number of unbranched alkanes of at least 4 members (excludes halogenated alkanes) is 4. The first kappa shape index (κ1) is 26.9. The second kappa shape index (κ2) is 12.9. The van der Waals surface area contributed by atoms with Gasteiger partial charge in [-0.15, -0.1) is 5.10 Å². The molecule has 3 rings (SSSR count). The smallest absolute Gasteiger partial charge is 0.340 e. The van der Waals surface area contributed by atoms with Crippen LogP contribution in [0.4, 0.5) is 0 Å². The van der Waals surface area contributed by atoms with E-state index < -0.39 is 10.1 Å². The van der Waals surface area contributed by atoms with Crippen LogP contribution in [0.25, 0.3) is 0 Å². The number of benzene rings is 2. The van der Waals surface area contributed by atoms with E-state index >= 15 is 0 Å². The third kappa shape index (κ3) is 7.93. The number of nitrogens with zero attached hydrogens (tertiary/aromatic N) is 2. The Kier molecular flexibility index (Phi) is 10.2. The molecule has 0 aromatic heterocycles. The number of amidine groups is 1. The lowest BCUT2D eigenvalue weighted by Crippen LogP contribution is -2.24. The molecule has 0 aliphatic carbocycles. The average Bonchev–Trinajstić information content (AvgIpc) is 3.14. The first-order chi connectivity index (χ1) is 16.3. The molecule has 2 aromatic rings. The lowest BCUT2D eigenvalue weighted by Gasteiger charge is -2.09. The summed E-state index contributed by atoms with van der Waals surface area (Å²) in [6.45, 7) is 2.18. The zero-order chi connectivity index (χ0) is 24.6. The van der Waals surface area contributed by atoms with Gasteiger partial charge in [-0.3, -0.25) is 4.79 Å². The van der Waals surface area contributed by atoms with E-state index in [0.717, 1.165) is 19.3 Å². The van der Waals surface area contributed by atoms with Crippen LogP contribution in [0.15, 0.2) is 66.5 Å². The zero-order valence-corrected chi connectivity index (χ0v) is 23.3. The molecular formula is C23H25Br2N3O4S2. The molecule has 1 amide bonds. The van der Waals surface area contributed by atoms with Crippen molar-refractivity contribution in [1.29, 1.82) is 0 Å². The van der Waals surface area contributed by atoms with Crippen molar-refractivity contribution in [3.63, 3.8) is 0 Å². The van der Waals surface area contributed by atoms with E-state index in [-0.39, 0.29) is 21.8 Å². The Morgan fingerprint density at radius 3 is 2.71 bits per heavy atom. The molecule has 1 heterocycles. The van der Waals surface area contributed by atoms with Crippen LogP contribution in [0.1, 0.15) is 51.0 Å². The first-order valence-electron chi connectivity index (χ1n) is 10.9. The van der Waals surface area contributed by atoms with Gasteiger partial charge in [0.15, 0.2) is 5.17 Å². The lowest BCUT2D eigenvalue weighted by molar-refractivity contribution is -0.118. The summed E-state index contributed by atoms with van der Waals surface area (Å²) in [4.78, 5) is 12.1. The number of amides is 1. The van der Waals surface area contributed by atoms with Gasteiger partial charge in [0.25, 0.3) is 0 Å². The molecule has 182 valence electrons. The second-order valence-corrected chi connectivity index (χ2v) is 12.1. The number of carbonyl (C=O) groups excluding carboxylic acids is 1. The fourth-order valence-electron chi connectivity index (χ4n) is 3.21. The van der Waals surface area contributed by atoms with Crippen LogP contribution in [0.3, 0.4) is 0 Å². The van der Waals surface area contributed by atoms with Crippen LogP contribution in [-0.4, -0.2) is 31.0 Å². The zero-order valence-electron chi connectivity index (χ0n) is 18.5. The molecule has 0 saturated carbocycles. The Balaban J connectivity index is 1.60. The maximum absolute atomic E-state index is 12.7. The van der Waals surface area contributed by atoms with Crippen LogP contribution >= 0.6 is 43.6 Å². The molecular weight excluding hydrogens is 606 g/mol. The molecule has 0 spiro atoms. The van der Waals surface area contributed by atoms with Crippen molar-refractivity contribution in [3.05, 3.63) is 57.0 Å². The van der Waals surface area contributed by atoms with E-state index in [9.17, 15) is 13.2 Å². The molecule has 1 aliphatic heterocycles. The SMILES string of the molecule is CCCCCCC[C@@H]1S/C(=N\N=C/c2cccc(OS(=O)(=O)c3cc(Br)ccc3Br)c2)NC1=O. The van der Waals surface area contributed by atoms with E-state index in [2.05, 4.69) is 54.3 Å². The standard InChI is InChI=1S/C23H25Br2N3O4S2/c1-2-3-4-5-6-10-20-22(29)27-23(33-20)28-26-15-16-8-7-9-18(13-16)32-34(30,31)21-14-17(24)11-12-19(21)25/h7-9,11-15,20H,2-6,10H2,1H3,(H,27,28,29)/b26-15-/t20-/m0/s1. The van der Waals surface area contributed by atoms with E-state index in [0.29, 0.717) is 19.7 Å². The minimum atomic E-state index is -4.04. The van der Waals surface area contributed by atoms with Crippen molar-refractivity contribution >= 4 is 71.0 Å². The van der Waals surface area contributed by atoms with Crippen molar-refractivity contribution in [2.75, 3.05) is 0 Å². The van der Waals surface area contributed by atoms with E-state index in [1.54, 1.807) is 36.4 Å². The van der Waals surface area contributed by atoms with E-state index in [1.165, 1.54) is 43.3 Å². The van der Waals surface area contributed by atoms with Gasteiger partial charge in [-0.2, -0.15) is 13.5 Å². The predicted octanol–water partition coefficient (Wildman–Crippen LogP) is 6.26. The number of rotatable bonds is 11. The van der Waals surface area contributed by atoms with Crippen molar-refractivity contribution in [2.45, 2.75) is 55.6 Å². The van der Waals surface area contributed by atoms with Crippen LogP contribution < -0.4 is 9.50 Å². The fraction of sp³-hybridized carbons (Fsp3) is 0.348. The number of hydrogen-bond acceptors (Lipinski definition) is 7. The normalized spacial score (nSPS) is 17.4. The number of carbonyl (C=O) groups is 1.